The fourth-order valence-electron chi connectivity index (χ4n) is 2.79. The van der Waals surface area contributed by atoms with Gasteiger partial charge in [0, 0.05) is 17.3 Å². The van der Waals surface area contributed by atoms with Crippen LogP contribution in [0.1, 0.15) is 32.3 Å². The average molecular weight is 305 g/mol. The minimum atomic E-state index is 0.0273. The average Bonchev–Trinajstić information content (AvgIpc) is 2.42. The molecule has 1 aliphatic rings. The van der Waals surface area contributed by atoms with Crippen LogP contribution in [-0.4, -0.2) is 34.9 Å². The first-order chi connectivity index (χ1) is 9.95. The fourth-order valence-corrected chi connectivity index (χ4v) is 2.93. The monoisotopic (exact) mass is 305 g/mol. The van der Waals surface area contributed by atoms with Crippen molar-refractivity contribution in [3.8, 4) is 0 Å². The lowest BCUT2D eigenvalue weighted by molar-refractivity contribution is -0.118. The number of piperidine rings is 1. The Morgan fingerprint density at radius 1 is 1.38 bits per heavy atom. The maximum Gasteiger partial charge on any atom is 0.238 e. The van der Waals surface area contributed by atoms with E-state index < -0.39 is 0 Å². The number of nitrogens with two attached hydrogens (primary N) is 1. The molecule has 1 amide bonds. The van der Waals surface area contributed by atoms with E-state index in [9.17, 15) is 4.79 Å². The Hall–Kier alpha value is -1.46. The van der Waals surface area contributed by atoms with Crippen molar-refractivity contribution in [2.75, 3.05) is 18.4 Å². The summed E-state index contributed by atoms with van der Waals surface area (Å²) in [6.07, 6.45) is 2.33. The topological polar surface area (TPSA) is 58.4 Å². The number of likely N-dealkylation sites (tertiary alicyclic amines) is 1. The van der Waals surface area contributed by atoms with E-state index in [1.165, 1.54) is 6.42 Å². The van der Waals surface area contributed by atoms with Gasteiger partial charge in [-0.1, -0.05) is 19.1 Å². The molecule has 2 rings (SSSR count). The van der Waals surface area contributed by atoms with Gasteiger partial charge in [0.1, 0.15) is 4.99 Å². The van der Waals surface area contributed by atoms with Crippen LogP contribution in [0.25, 0.3) is 0 Å². The molecule has 2 atom stereocenters. The quantitative estimate of drug-likeness (QED) is 0.839. The van der Waals surface area contributed by atoms with Gasteiger partial charge in [0.25, 0.3) is 0 Å². The lowest BCUT2D eigenvalue weighted by atomic mass is 9.93. The van der Waals surface area contributed by atoms with Crippen molar-refractivity contribution in [3.63, 3.8) is 0 Å². The summed E-state index contributed by atoms with van der Waals surface area (Å²) in [6, 6.07) is 7.77. The first-order valence-corrected chi connectivity index (χ1v) is 7.80. The summed E-state index contributed by atoms with van der Waals surface area (Å²) in [5, 5.41) is 2.92. The van der Waals surface area contributed by atoms with Crippen molar-refractivity contribution in [2.45, 2.75) is 32.7 Å². The number of nitrogens with zero attached hydrogens (tertiary/aromatic N) is 1. The maximum atomic E-state index is 12.1. The number of carbonyl (C=O) groups excluding carboxylic acids is 1. The molecule has 0 radical (unpaired) electrons. The van der Waals surface area contributed by atoms with E-state index in [0.29, 0.717) is 17.6 Å². The summed E-state index contributed by atoms with van der Waals surface area (Å²) >= 11 is 4.91. The molecule has 0 aromatic heterocycles. The van der Waals surface area contributed by atoms with Crippen molar-refractivity contribution >= 4 is 28.8 Å². The van der Waals surface area contributed by atoms with Crippen molar-refractivity contribution in [3.05, 3.63) is 29.8 Å². The Morgan fingerprint density at radius 2 is 2.05 bits per heavy atom. The number of thiocarbonyl (C=S) groups is 1. The highest BCUT2D eigenvalue weighted by Crippen LogP contribution is 2.21. The number of amides is 1. The minimum Gasteiger partial charge on any atom is -0.389 e. The van der Waals surface area contributed by atoms with Crippen LogP contribution in [0.4, 0.5) is 5.69 Å². The molecule has 21 heavy (non-hydrogen) atoms. The number of anilines is 1. The number of rotatable bonds is 4. The maximum absolute atomic E-state index is 12.1. The summed E-state index contributed by atoms with van der Waals surface area (Å²) < 4.78 is 0. The molecule has 1 fully saturated rings. The van der Waals surface area contributed by atoms with Crippen molar-refractivity contribution in [1.29, 1.82) is 0 Å². The van der Waals surface area contributed by atoms with E-state index in [1.54, 1.807) is 0 Å². The number of benzene rings is 1. The molecule has 0 bridgehead atoms. The number of hydrogen-bond acceptors (Lipinski definition) is 3. The van der Waals surface area contributed by atoms with Gasteiger partial charge in [0.15, 0.2) is 0 Å². The molecule has 5 heteroatoms. The predicted octanol–water partition coefficient (Wildman–Crippen LogP) is 2.38. The van der Waals surface area contributed by atoms with Gasteiger partial charge in [-0.2, -0.15) is 0 Å². The molecule has 0 aliphatic carbocycles. The number of nitrogens with one attached hydrogen (secondary N) is 1. The highest BCUT2D eigenvalue weighted by Gasteiger charge is 2.24. The van der Waals surface area contributed by atoms with Crippen LogP contribution in [0.3, 0.4) is 0 Å². The Bertz CT molecular complexity index is 515. The van der Waals surface area contributed by atoms with Crippen LogP contribution in [-0.2, 0) is 4.79 Å². The SMILES string of the molecule is CC1CCN(CC(=O)Nc2ccc(C(N)=S)cc2)C(C)C1. The molecule has 114 valence electrons. The van der Waals surface area contributed by atoms with Gasteiger partial charge >= 0.3 is 0 Å². The summed E-state index contributed by atoms with van der Waals surface area (Å²) in [5.41, 5.74) is 7.14. The molecule has 1 aromatic rings. The highest BCUT2D eigenvalue weighted by molar-refractivity contribution is 7.80. The van der Waals surface area contributed by atoms with Gasteiger partial charge in [-0.05, 0) is 56.5 Å². The highest BCUT2D eigenvalue weighted by atomic mass is 32.1. The van der Waals surface area contributed by atoms with Crippen LogP contribution in [0.2, 0.25) is 0 Å². The zero-order valence-corrected chi connectivity index (χ0v) is 13.5. The van der Waals surface area contributed by atoms with Gasteiger partial charge < -0.3 is 11.1 Å². The van der Waals surface area contributed by atoms with E-state index >= 15 is 0 Å². The van der Waals surface area contributed by atoms with Gasteiger partial charge in [0.2, 0.25) is 5.91 Å². The molecule has 0 spiro atoms. The van der Waals surface area contributed by atoms with Crippen molar-refractivity contribution < 1.29 is 4.79 Å². The molecule has 1 saturated heterocycles. The van der Waals surface area contributed by atoms with Crippen LogP contribution in [0, 0.1) is 5.92 Å². The molecule has 2 unspecified atom stereocenters. The first-order valence-electron chi connectivity index (χ1n) is 7.39. The second-order valence-electron chi connectivity index (χ2n) is 5.94. The Balaban J connectivity index is 1.88. The lowest BCUT2D eigenvalue weighted by Gasteiger charge is -2.35. The fraction of sp³-hybridized carbons (Fsp3) is 0.500. The molecule has 1 heterocycles. The Labute approximate surface area is 131 Å². The minimum absolute atomic E-state index is 0.0273. The van der Waals surface area contributed by atoms with E-state index in [1.807, 2.05) is 24.3 Å². The third-order valence-corrected chi connectivity index (χ3v) is 4.31. The zero-order chi connectivity index (χ0) is 15.4. The van der Waals surface area contributed by atoms with Crippen LogP contribution in [0.15, 0.2) is 24.3 Å². The molecular weight excluding hydrogens is 282 g/mol. The van der Waals surface area contributed by atoms with E-state index in [0.717, 1.165) is 30.1 Å². The smallest absolute Gasteiger partial charge is 0.238 e. The molecule has 4 nitrogen and oxygen atoms in total. The molecule has 1 aromatic carbocycles. The van der Waals surface area contributed by atoms with Crippen molar-refractivity contribution in [1.82, 2.24) is 4.90 Å². The van der Waals surface area contributed by atoms with Gasteiger partial charge in [-0.25, -0.2) is 0 Å². The largest absolute Gasteiger partial charge is 0.389 e. The molecular formula is C16H23N3OS. The second kappa shape index (κ2) is 7.00. The van der Waals surface area contributed by atoms with Crippen LogP contribution >= 0.6 is 12.2 Å². The van der Waals surface area contributed by atoms with Gasteiger partial charge in [0.05, 0.1) is 6.54 Å². The van der Waals surface area contributed by atoms with Gasteiger partial charge in [-0.3, -0.25) is 9.69 Å². The molecule has 3 N–H and O–H groups in total. The standard InChI is InChI=1S/C16H23N3OS/c1-11-7-8-19(12(2)9-11)10-15(20)18-14-5-3-13(4-6-14)16(17)21/h3-6,11-12H,7-10H2,1-2H3,(H2,17,21)(H,18,20). The molecule has 0 saturated carbocycles. The summed E-state index contributed by atoms with van der Waals surface area (Å²) in [6.45, 7) is 5.92. The van der Waals surface area contributed by atoms with E-state index in [-0.39, 0.29) is 5.91 Å². The second-order valence-corrected chi connectivity index (χ2v) is 6.38. The molecule has 1 aliphatic heterocycles. The third-order valence-electron chi connectivity index (χ3n) is 4.08. The summed E-state index contributed by atoms with van der Waals surface area (Å²) in [7, 11) is 0. The predicted molar refractivity (Wildman–Crippen MR) is 90.4 cm³/mol. The third kappa shape index (κ3) is 4.51. The number of hydrogen-bond donors (Lipinski definition) is 2. The lowest BCUT2D eigenvalue weighted by Crippen LogP contribution is -2.44. The van der Waals surface area contributed by atoms with Crippen molar-refractivity contribution in [2.24, 2.45) is 11.7 Å². The first kappa shape index (κ1) is 15.9. The van der Waals surface area contributed by atoms with Crippen LogP contribution < -0.4 is 11.1 Å². The normalized spacial score (nSPS) is 22.8. The van der Waals surface area contributed by atoms with Crippen LogP contribution in [0.5, 0.6) is 0 Å². The van der Waals surface area contributed by atoms with Gasteiger partial charge in [-0.15, -0.1) is 0 Å². The Morgan fingerprint density at radius 3 is 2.62 bits per heavy atom. The summed E-state index contributed by atoms with van der Waals surface area (Å²) in [5.74, 6) is 0.784. The van der Waals surface area contributed by atoms with E-state index in [2.05, 4.69) is 24.1 Å². The zero-order valence-electron chi connectivity index (χ0n) is 12.6. The number of carbonyl (C=O) groups is 1. The Kier molecular flexibility index (Phi) is 5.31. The summed E-state index contributed by atoms with van der Waals surface area (Å²) in [4.78, 5) is 14.7. The van der Waals surface area contributed by atoms with E-state index in [4.69, 9.17) is 18.0 Å².